The second-order valence-corrected chi connectivity index (χ2v) is 7.51. The van der Waals surface area contributed by atoms with Gasteiger partial charge in [-0.1, -0.05) is 0 Å². The maximum atomic E-state index is 12.3. The van der Waals surface area contributed by atoms with Crippen molar-refractivity contribution in [1.29, 1.82) is 0 Å². The summed E-state index contributed by atoms with van der Waals surface area (Å²) in [6.45, 7) is 0.494. The van der Waals surface area contributed by atoms with Crippen molar-refractivity contribution in [1.82, 2.24) is 0 Å². The summed E-state index contributed by atoms with van der Waals surface area (Å²) in [5.74, 6) is -0.449. The van der Waals surface area contributed by atoms with Crippen molar-refractivity contribution in [2.45, 2.75) is 30.5 Å². The van der Waals surface area contributed by atoms with Crippen LogP contribution in [0.2, 0.25) is 0 Å². The van der Waals surface area contributed by atoms with E-state index in [9.17, 15) is 21.6 Å². The van der Waals surface area contributed by atoms with E-state index in [0.29, 0.717) is 13.0 Å². The maximum absolute atomic E-state index is 12.3. The summed E-state index contributed by atoms with van der Waals surface area (Å²) in [6, 6.07) is 4.30. The van der Waals surface area contributed by atoms with Crippen molar-refractivity contribution in [3.8, 4) is 5.75 Å². The Morgan fingerprint density at radius 1 is 1.18 bits per heavy atom. The van der Waals surface area contributed by atoms with Crippen LogP contribution in [0.25, 0.3) is 0 Å². The van der Waals surface area contributed by atoms with Gasteiger partial charge in [-0.25, -0.2) is 8.42 Å². The molecule has 0 unspecified atom stereocenters. The first-order valence-corrected chi connectivity index (χ1v) is 8.39. The molecule has 22 heavy (non-hydrogen) atoms. The lowest BCUT2D eigenvalue weighted by molar-refractivity contribution is -0.274. The molecule has 0 amide bonds. The van der Waals surface area contributed by atoms with Gasteiger partial charge in [-0.3, -0.25) is 0 Å². The molecule has 0 aliphatic heterocycles. The largest absolute Gasteiger partial charge is 0.573 e. The number of hydrogen-bond acceptors (Lipinski definition) is 4. The molecular formula is C14H17F3O4S. The minimum Gasteiger partial charge on any atom is -0.406 e. The molecule has 0 spiro atoms. The van der Waals surface area contributed by atoms with E-state index >= 15 is 0 Å². The standard InChI is InChI=1S/C14H17F3O4S/c1-20-9-8-13(6-7-13)10-22(18,19)12-4-2-11(3-5-12)21-14(15,16)17/h2-5H,6-10H2,1H3. The van der Waals surface area contributed by atoms with Crippen LogP contribution in [-0.4, -0.2) is 34.2 Å². The van der Waals surface area contributed by atoms with Gasteiger partial charge in [-0.15, -0.1) is 13.2 Å². The lowest BCUT2D eigenvalue weighted by Crippen LogP contribution is -2.19. The van der Waals surface area contributed by atoms with E-state index in [0.717, 1.165) is 37.1 Å². The van der Waals surface area contributed by atoms with Crippen LogP contribution in [0.4, 0.5) is 13.2 Å². The van der Waals surface area contributed by atoms with E-state index in [2.05, 4.69) is 4.74 Å². The van der Waals surface area contributed by atoms with Gasteiger partial charge in [-0.05, 0) is 48.9 Å². The molecule has 4 nitrogen and oxygen atoms in total. The number of halogens is 3. The smallest absolute Gasteiger partial charge is 0.406 e. The second kappa shape index (κ2) is 6.08. The van der Waals surface area contributed by atoms with Crippen LogP contribution < -0.4 is 4.74 Å². The fourth-order valence-corrected chi connectivity index (χ4v) is 4.25. The van der Waals surface area contributed by atoms with Crippen molar-refractivity contribution in [3.63, 3.8) is 0 Å². The van der Waals surface area contributed by atoms with Gasteiger partial charge in [0.1, 0.15) is 5.75 Å². The molecule has 8 heteroatoms. The van der Waals surface area contributed by atoms with Crippen LogP contribution in [0.5, 0.6) is 5.75 Å². The van der Waals surface area contributed by atoms with Crippen molar-refractivity contribution in [2.24, 2.45) is 5.41 Å². The highest BCUT2D eigenvalue weighted by atomic mass is 32.2. The first-order valence-electron chi connectivity index (χ1n) is 6.73. The fourth-order valence-electron chi connectivity index (χ4n) is 2.30. The Labute approximate surface area is 127 Å². The highest BCUT2D eigenvalue weighted by molar-refractivity contribution is 7.91. The second-order valence-electron chi connectivity index (χ2n) is 5.52. The Kier molecular flexibility index (Phi) is 4.72. The molecule has 2 rings (SSSR count). The fraction of sp³-hybridized carbons (Fsp3) is 0.571. The summed E-state index contributed by atoms with van der Waals surface area (Å²) in [7, 11) is -1.98. The predicted octanol–water partition coefficient (Wildman–Crippen LogP) is 3.18. The van der Waals surface area contributed by atoms with Gasteiger partial charge in [0, 0.05) is 13.7 Å². The van der Waals surface area contributed by atoms with E-state index in [-0.39, 0.29) is 16.1 Å². The van der Waals surface area contributed by atoms with Crippen LogP contribution in [0.3, 0.4) is 0 Å². The topological polar surface area (TPSA) is 52.6 Å². The van der Waals surface area contributed by atoms with Gasteiger partial charge in [0.05, 0.1) is 10.6 Å². The Balaban J connectivity index is 2.07. The molecule has 1 aliphatic rings. The van der Waals surface area contributed by atoms with E-state index in [1.54, 1.807) is 7.11 Å². The molecule has 0 atom stereocenters. The van der Waals surface area contributed by atoms with Gasteiger partial charge in [0.15, 0.2) is 9.84 Å². The first-order chi connectivity index (χ1) is 10.2. The average molecular weight is 338 g/mol. The van der Waals surface area contributed by atoms with Crippen LogP contribution >= 0.6 is 0 Å². The number of alkyl halides is 3. The minimum absolute atomic E-state index is 0.00529. The Hall–Kier alpha value is -1.28. The summed E-state index contributed by atoms with van der Waals surface area (Å²) in [6.07, 6.45) is -2.48. The van der Waals surface area contributed by atoms with Crippen molar-refractivity contribution in [3.05, 3.63) is 24.3 Å². The van der Waals surface area contributed by atoms with E-state index in [1.807, 2.05) is 0 Å². The highest BCUT2D eigenvalue weighted by Gasteiger charge is 2.45. The third-order valence-electron chi connectivity index (χ3n) is 3.71. The molecule has 1 aromatic rings. The Morgan fingerprint density at radius 2 is 1.77 bits per heavy atom. The summed E-state index contributed by atoms with van der Waals surface area (Å²) in [4.78, 5) is 0.00529. The zero-order valence-corrected chi connectivity index (χ0v) is 12.8. The molecule has 0 N–H and O–H groups in total. The van der Waals surface area contributed by atoms with Gasteiger partial charge in [0.25, 0.3) is 0 Å². The maximum Gasteiger partial charge on any atom is 0.573 e. The summed E-state index contributed by atoms with van der Waals surface area (Å²) in [5, 5.41) is 0. The quantitative estimate of drug-likeness (QED) is 0.766. The monoisotopic (exact) mass is 338 g/mol. The van der Waals surface area contributed by atoms with E-state index < -0.39 is 21.9 Å². The van der Waals surface area contributed by atoms with Crippen molar-refractivity contribution in [2.75, 3.05) is 19.5 Å². The molecular weight excluding hydrogens is 321 g/mol. The molecule has 0 heterocycles. The molecule has 0 bridgehead atoms. The SMILES string of the molecule is COCCC1(CS(=O)(=O)c2ccc(OC(F)(F)F)cc2)CC1. The normalized spacial score (nSPS) is 17.3. The molecule has 0 radical (unpaired) electrons. The zero-order valence-electron chi connectivity index (χ0n) is 12.0. The van der Waals surface area contributed by atoms with Crippen LogP contribution in [-0.2, 0) is 14.6 Å². The van der Waals surface area contributed by atoms with E-state index in [4.69, 9.17) is 4.74 Å². The van der Waals surface area contributed by atoms with Crippen LogP contribution in [0, 0.1) is 5.41 Å². The molecule has 1 aromatic carbocycles. The summed E-state index contributed by atoms with van der Waals surface area (Å²) >= 11 is 0. The lowest BCUT2D eigenvalue weighted by Gasteiger charge is -2.15. The van der Waals surface area contributed by atoms with Crippen molar-refractivity contribution >= 4 is 9.84 Å². The number of sulfone groups is 1. The number of benzene rings is 1. The Morgan fingerprint density at radius 3 is 2.23 bits per heavy atom. The number of rotatable bonds is 7. The number of hydrogen-bond donors (Lipinski definition) is 0. The van der Waals surface area contributed by atoms with Crippen molar-refractivity contribution < 1.29 is 31.1 Å². The Bertz CT molecular complexity index is 604. The molecule has 1 fully saturated rings. The summed E-state index contributed by atoms with van der Waals surface area (Å²) < 4.78 is 69.6. The van der Waals surface area contributed by atoms with Crippen LogP contribution in [0.1, 0.15) is 19.3 Å². The average Bonchev–Trinajstić information content (AvgIpc) is 3.14. The molecule has 0 aromatic heterocycles. The first kappa shape index (κ1) is 17.1. The minimum atomic E-state index is -4.79. The number of methoxy groups -OCH3 is 1. The highest BCUT2D eigenvalue weighted by Crippen LogP contribution is 2.50. The van der Waals surface area contributed by atoms with Gasteiger partial charge in [-0.2, -0.15) is 0 Å². The third kappa shape index (κ3) is 4.61. The van der Waals surface area contributed by atoms with E-state index in [1.165, 1.54) is 0 Å². The molecule has 124 valence electrons. The molecule has 1 saturated carbocycles. The third-order valence-corrected chi connectivity index (χ3v) is 5.69. The zero-order chi connectivity index (χ0) is 16.4. The van der Waals surface area contributed by atoms with Gasteiger partial charge >= 0.3 is 6.36 Å². The molecule has 1 aliphatic carbocycles. The molecule has 0 saturated heterocycles. The summed E-state index contributed by atoms with van der Waals surface area (Å²) in [5.41, 5.74) is -0.254. The van der Waals surface area contributed by atoms with Crippen LogP contribution in [0.15, 0.2) is 29.2 Å². The van der Waals surface area contributed by atoms with Gasteiger partial charge < -0.3 is 9.47 Å². The number of ether oxygens (including phenoxy) is 2. The van der Waals surface area contributed by atoms with Gasteiger partial charge in [0.2, 0.25) is 0 Å². The predicted molar refractivity (Wildman–Crippen MR) is 73.3 cm³/mol. The lowest BCUT2D eigenvalue weighted by atomic mass is 10.1.